The lowest BCUT2D eigenvalue weighted by Gasteiger charge is -2.15. The maximum absolute atomic E-state index is 9.08. The normalized spacial score (nSPS) is 16.8. The smallest absolute Gasteiger partial charge is 0.0562 e. The fourth-order valence-electron chi connectivity index (χ4n) is 0.951. The Morgan fingerprint density at radius 3 is 2.30 bits per heavy atom. The van der Waals surface area contributed by atoms with Crippen molar-refractivity contribution in [3.63, 3.8) is 0 Å². The minimum absolute atomic E-state index is 0.0833. The molecule has 0 bridgehead atoms. The highest BCUT2D eigenvalue weighted by atomic mass is 16.3. The molecule has 0 amide bonds. The van der Waals surface area contributed by atoms with Gasteiger partial charge in [0.15, 0.2) is 0 Å². The number of rotatable bonds is 5. The Balaban J connectivity index is 3.40. The van der Waals surface area contributed by atoms with Crippen LogP contribution in [0.3, 0.4) is 0 Å². The number of aliphatic hydroxyl groups excluding tert-OH is 2. The maximum atomic E-state index is 9.08. The van der Waals surface area contributed by atoms with Gasteiger partial charge in [-0.15, -0.1) is 0 Å². The zero-order chi connectivity index (χ0) is 7.98. The van der Waals surface area contributed by atoms with Gasteiger partial charge in [0.25, 0.3) is 0 Å². The molecule has 0 saturated heterocycles. The van der Waals surface area contributed by atoms with Crippen molar-refractivity contribution in [2.45, 2.75) is 39.2 Å². The van der Waals surface area contributed by atoms with Gasteiger partial charge >= 0.3 is 0 Å². The predicted molar refractivity (Wildman–Crippen MR) is 41.8 cm³/mol. The van der Waals surface area contributed by atoms with Crippen molar-refractivity contribution in [1.82, 2.24) is 0 Å². The first kappa shape index (κ1) is 9.92. The third kappa shape index (κ3) is 3.85. The van der Waals surface area contributed by atoms with E-state index < -0.39 is 0 Å². The van der Waals surface area contributed by atoms with Gasteiger partial charge in [-0.05, 0) is 13.3 Å². The molecule has 2 heteroatoms. The minimum atomic E-state index is -0.364. The summed E-state index contributed by atoms with van der Waals surface area (Å²) in [6, 6.07) is 0. The van der Waals surface area contributed by atoms with Gasteiger partial charge in [-0.3, -0.25) is 0 Å². The fraction of sp³-hybridized carbons (Fsp3) is 1.00. The highest BCUT2D eigenvalue weighted by molar-refractivity contribution is 4.62. The second-order valence-electron chi connectivity index (χ2n) is 2.83. The summed E-state index contributed by atoms with van der Waals surface area (Å²) in [5.74, 6) is 0.0833. The molecule has 0 fully saturated rings. The highest BCUT2D eigenvalue weighted by Gasteiger charge is 2.11. The van der Waals surface area contributed by atoms with Crippen molar-refractivity contribution in [3.8, 4) is 0 Å². The summed E-state index contributed by atoms with van der Waals surface area (Å²) in [7, 11) is 0. The van der Waals surface area contributed by atoms with Crippen LogP contribution in [-0.2, 0) is 0 Å². The largest absolute Gasteiger partial charge is 0.396 e. The number of aliphatic hydroxyl groups is 2. The first-order valence-corrected chi connectivity index (χ1v) is 4.01. The molecule has 0 saturated carbocycles. The lowest BCUT2D eigenvalue weighted by atomic mass is 9.98. The number of unbranched alkanes of at least 4 members (excludes halogenated alkanes) is 1. The lowest BCUT2D eigenvalue weighted by molar-refractivity contribution is 0.0745. The van der Waals surface area contributed by atoms with Gasteiger partial charge in [-0.1, -0.05) is 19.8 Å². The summed E-state index contributed by atoms with van der Waals surface area (Å²) in [5, 5.41) is 17.8. The van der Waals surface area contributed by atoms with Crippen molar-refractivity contribution < 1.29 is 10.2 Å². The summed E-state index contributed by atoms with van der Waals surface area (Å²) >= 11 is 0. The van der Waals surface area contributed by atoms with Crippen LogP contribution in [0.15, 0.2) is 0 Å². The lowest BCUT2D eigenvalue weighted by Crippen LogP contribution is -2.20. The van der Waals surface area contributed by atoms with Gasteiger partial charge in [0.2, 0.25) is 0 Å². The molecule has 0 heterocycles. The van der Waals surface area contributed by atoms with Crippen molar-refractivity contribution in [2.24, 2.45) is 5.92 Å². The van der Waals surface area contributed by atoms with Gasteiger partial charge in [-0.25, -0.2) is 0 Å². The molecule has 0 unspecified atom stereocenters. The van der Waals surface area contributed by atoms with Gasteiger partial charge in [-0.2, -0.15) is 0 Å². The zero-order valence-electron chi connectivity index (χ0n) is 6.88. The molecular weight excluding hydrogens is 128 g/mol. The minimum Gasteiger partial charge on any atom is -0.396 e. The molecule has 62 valence electrons. The van der Waals surface area contributed by atoms with Gasteiger partial charge < -0.3 is 10.2 Å². The first-order chi connectivity index (χ1) is 4.72. The molecule has 2 atom stereocenters. The average molecular weight is 146 g/mol. The summed E-state index contributed by atoms with van der Waals surface area (Å²) in [6.45, 7) is 3.95. The van der Waals surface area contributed by atoms with Crippen LogP contribution in [-0.4, -0.2) is 22.9 Å². The molecule has 0 aliphatic rings. The first-order valence-electron chi connectivity index (χ1n) is 4.01. The monoisotopic (exact) mass is 146 g/mol. The summed E-state index contributed by atoms with van der Waals surface area (Å²) in [5.41, 5.74) is 0. The molecule has 0 spiro atoms. The standard InChI is InChI=1S/C8H18O2/c1-3-4-5-8(6-9)7(2)10/h7-10H,3-6H2,1-2H3/t7-,8+/m1/s1. The van der Waals surface area contributed by atoms with Crippen LogP contribution in [0.4, 0.5) is 0 Å². The molecular formula is C8H18O2. The Morgan fingerprint density at radius 1 is 1.40 bits per heavy atom. The van der Waals surface area contributed by atoms with Crippen molar-refractivity contribution in [1.29, 1.82) is 0 Å². The molecule has 2 nitrogen and oxygen atoms in total. The van der Waals surface area contributed by atoms with Crippen LogP contribution in [0.5, 0.6) is 0 Å². The van der Waals surface area contributed by atoms with E-state index in [1.807, 2.05) is 0 Å². The SMILES string of the molecule is CCCC[C@@H](CO)[C@@H](C)O. The van der Waals surface area contributed by atoms with Crippen LogP contribution in [0, 0.1) is 5.92 Å². The van der Waals surface area contributed by atoms with E-state index in [1.54, 1.807) is 6.92 Å². The molecule has 0 radical (unpaired) electrons. The Bertz CT molecular complexity index is 71.7. The molecule has 0 aromatic carbocycles. The van der Waals surface area contributed by atoms with Crippen LogP contribution < -0.4 is 0 Å². The molecule has 0 rings (SSSR count). The predicted octanol–water partition coefficient (Wildman–Crippen LogP) is 1.17. The van der Waals surface area contributed by atoms with E-state index in [1.165, 1.54) is 0 Å². The molecule has 0 aliphatic carbocycles. The molecule has 0 aliphatic heterocycles. The number of hydrogen-bond acceptors (Lipinski definition) is 2. The van der Waals surface area contributed by atoms with E-state index in [0.717, 1.165) is 19.3 Å². The van der Waals surface area contributed by atoms with Crippen molar-refractivity contribution in [3.05, 3.63) is 0 Å². The molecule has 2 N–H and O–H groups in total. The Kier molecular flexibility index (Phi) is 5.64. The average Bonchev–Trinajstić information content (AvgIpc) is 1.89. The third-order valence-corrected chi connectivity index (χ3v) is 1.85. The van der Waals surface area contributed by atoms with Gasteiger partial charge in [0.05, 0.1) is 6.10 Å². The summed E-state index contributed by atoms with van der Waals surface area (Å²) in [6.07, 6.45) is 2.79. The maximum Gasteiger partial charge on any atom is 0.0562 e. The second kappa shape index (κ2) is 5.69. The Labute approximate surface area is 62.9 Å². The molecule has 10 heavy (non-hydrogen) atoms. The van der Waals surface area contributed by atoms with E-state index in [0.29, 0.717) is 0 Å². The quantitative estimate of drug-likeness (QED) is 0.611. The van der Waals surface area contributed by atoms with E-state index in [2.05, 4.69) is 6.92 Å². The van der Waals surface area contributed by atoms with Crippen LogP contribution in [0.25, 0.3) is 0 Å². The topological polar surface area (TPSA) is 40.5 Å². The molecule has 0 aromatic rings. The fourth-order valence-corrected chi connectivity index (χ4v) is 0.951. The van der Waals surface area contributed by atoms with E-state index in [-0.39, 0.29) is 18.6 Å². The van der Waals surface area contributed by atoms with Crippen LogP contribution >= 0.6 is 0 Å². The Hall–Kier alpha value is -0.0800. The van der Waals surface area contributed by atoms with Crippen LogP contribution in [0.1, 0.15) is 33.1 Å². The van der Waals surface area contributed by atoms with Crippen LogP contribution in [0.2, 0.25) is 0 Å². The highest BCUT2D eigenvalue weighted by Crippen LogP contribution is 2.11. The zero-order valence-corrected chi connectivity index (χ0v) is 6.88. The van der Waals surface area contributed by atoms with Crippen molar-refractivity contribution in [2.75, 3.05) is 6.61 Å². The Morgan fingerprint density at radius 2 is 2.00 bits per heavy atom. The van der Waals surface area contributed by atoms with Crippen molar-refractivity contribution >= 4 is 0 Å². The third-order valence-electron chi connectivity index (χ3n) is 1.85. The van der Waals surface area contributed by atoms with Gasteiger partial charge in [0, 0.05) is 12.5 Å². The molecule has 0 aromatic heterocycles. The van der Waals surface area contributed by atoms with E-state index in [9.17, 15) is 0 Å². The van der Waals surface area contributed by atoms with E-state index >= 15 is 0 Å². The van der Waals surface area contributed by atoms with Gasteiger partial charge in [0.1, 0.15) is 0 Å². The second-order valence-corrected chi connectivity index (χ2v) is 2.83. The van der Waals surface area contributed by atoms with E-state index in [4.69, 9.17) is 10.2 Å². The number of hydrogen-bond donors (Lipinski definition) is 2. The summed E-state index contributed by atoms with van der Waals surface area (Å²) < 4.78 is 0. The summed E-state index contributed by atoms with van der Waals surface area (Å²) in [4.78, 5) is 0.